The molecule has 0 fully saturated rings. The molecule has 0 amide bonds. The lowest BCUT2D eigenvalue weighted by Crippen LogP contribution is -2.21. The summed E-state index contributed by atoms with van der Waals surface area (Å²) in [4.78, 5) is 0. The Morgan fingerprint density at radius 3 is 2.58 bits per heavy atom. The fourth-order valence-corrected chi connectivity index (χ4v) is 0.704. The monoisotopic (exact) mass is 172 g/mol. The Hall–Kier alpha value is -1.27. The molecule has 0 saturated heterocycles. The zero-order valence-corrected chi connectivity index (χ0v) is 5.94. The van der Waals surface area contributed by atoms with Crippen molar-refractivity contribution in [3.8, 4) is 11.5 Å². The number of benzene rings is 1. The second-order valence-corrected chi connectivity index (χ2v) is 2.03. The molecule has 1 aromatic rings. The fraction of sp³-hybridized carbons (Fsp3) is 0. The molecule has 0 spiro atoms. The Labute approximate surface area is 68.0 Å². The van der Waals surface area contributed by atoms with Gasteiger partial charge in [0.2, 0.25) is 5.82 Å². The van der Waals surface area contributed by atoms with Crippen molar-refractivity contribution in [2.45, 2.75) is 0 Å². The van der Waals surface area contributed by atoms with Crippen molar-refractivity contribution < 1.29 is 24.2 Å². The highest BCUT2D eigenvalue weighted by molar-refractivity contribution is 6.33. The summed E-state index contributed by atoms with van der Waals surface area (Å²) >= 11 is 0. The summed E-state index contributed by atoms with van der Waals surface area (Å²) in [5.41, 5.74) is 0. The summed E-state index contributed by atoms with van der Waals surface area (Å²) in [5, 5.41) is 25.4. The van der Waals surface area contributed by atoms with E-state index in [-0.39, 0.29) is 0 Å². The third kappa shape index (κ3) is 1.87. The molecule has 0 unspecified atom stereocenters. The molecule has 0 aliphatic heterocycles. The number of phenolic OH excluding ortho intramolecular Hbond substituents is 1. The van der Waals surface area contributed by atoms with Gasteiger partial charge in [-0.1, -0.05) is 6.07 Å². The van der Waals surface area contributed by atoms with Gasteiger partial charge in [0.1, 0.15) is 5.75 Å². The quantitative estimate of drug-likeness (QED) is 0.543. The Kier molecular flexibility index (Phi) is 2.52. The van der Waals surface area contributed by atoms with Crippen molar-refractivity contribution in [1.29, 1.82) is 0 Å². The number of aromatic hydroxyl groups is 1. The topological polar surface area (TPSA) is 69.9 Å². The predicted molar refractivity (Wildman–Crippen MR) is 38.9 cm³/mol. The van der Waals surface area contributed by atoms with Gasteiger partial charge in [0.15, 0.2) is 5.75 Å². The molecule has 3 N–H and O–H groups in total. The van der Waals surface area contributed by atoms with Gasteiger partial charge in [-0.2, -0.15) is 4.39 Å². The first-order valence-corrected chi connectivity index (χ1v) is 3.11. The van der Waals surface area contributed by atoms with E-state index in [4.69, 9.17) is 15.2 Å². The van der Waals surface area contributed by atoms with E-state index in [9.17, 15) is 4.39 Å². The molecule has 1 rings (SSSR count). The van der Waals surface area contributed by atoms with Crippen molar-refractivity contribution in [2.24, 2.45) is 0 Å². The predicted octanol–water partition coefficient (Wildman–Crippen LogP) is -0.120. The highest BCUT2D eigenvalue weighted by Crippen LogP contribution is 2.24. The maximum absolute atomic E-state index is 12.8. The van der Waals surface area contributed by atoms with E-state index in [1.807, 2.05) is 0 Å². The SMILES string of the molecule is OB(O)Oc1cccc(O)c1F. The maximum atomic E-state index is 12.8. The van der Waals surface area contributed by atoms with Gasteiger partial charge in [-0.3, -0.25) is 0 Å². The third-order valence-electron chi connectivity index (χ3n) is 1.18. The first-order chi connectivity index (χ1) is 5.61. The van der Waals surface area contributed by atoms with Crippen LogP contribution in [-0.2, 0) is 0 Å². The van der Waals surface area contributed by atoms with E-state index < -0.39 is 24.6 Å². The van der Waals surface area contributed by atoms with Crippen LogP contribution in [-0.4, -0.2) is 22.5 Å². The van der Waals surface area contributed by atoms with Gasteiger partial charge < -0.3 is 19.8 Å². The van der Waals surface area contributed by atoms with Crippen molar-refractivity contribution in [1.82, 2.24) is 0 Å². The molecule has 0 saturated carbocycles. The number of hydrogen-bond acceptors (Lipinski definition) is 4. The number of hydrogen-bond donors (Lipinski definition) is 3. The molecule has 0 aromatic heterocycles. The average molecular weight is 172 g/mol. The lowest BCUT2D eigenvalue weighted by atomic mass is 10.2. The first kappa shape index (κ1) is 8.83. The fourth-order valence-electron chi connectivity index (χ4n) is 0.704. The lowest BCUT2D eigenvalue weighted by molar-refractivity contribution is 0.279. The largest absolute Gasteiger partial charge is 0.707 e. The van der Waals surface area contributed by atoms with Crippen LogP contribution in [0, 0.1) is 5.82 Å². The Morgan fingerprint density at radius 2 is 2.00 bits per heavy atom. The summed E-state index contributed by atoms with van der Waals surface area (Å²) in [6.07, 6.45) is 0. The van der Waals surface area contributed by atoms with Crippen LogP contribution < -0.4 is 4.65 Å². The van der Waals surface area contributed by atoms with Crippen molar-refractivity contribution >= 4 is 7.32 Å². The average Bonchev–Trinajstić information content (AvgIpc) is 1.98. The van der Waals surface area contributed by atoms with E-state index in [1.54, 1.807) is 0 Å². The van der Waals surface area contributed by atoms with Gasteiger partial charge in [-0.25, -0.2) is 0 Å². The van der Waals surface area contributed by atoms with Crippen LogP contribution in [0.4, 0.5) is 4.39 Å². The Balaban J connectivity index is 2.92. The van der Waals surface area contributed by atoms with Crippen molar-refractivity contribution in [3.63, 3.8) is 0 Å². The molecule has 0 aliphatic rings. The molecule has 12 heavy (non-hydrogen) atoms. The summed E-state index contributed by atoms with van der Waals surface area (Å²) in [7, 11) is -2.10. The number of halogens is 1. The van der Waals surface area contributed by atoms with Crippen LogP contribution in [0.2, 0.25) is 0 Å². The smallest absolute Gasteiger partial charge is 0.509 e. The second kappa shape index (κ2) is 3.42. The summed E-state index contributed by atoms with van der Waals surface area (Å²) in [6.45, 7) is 0. The molecule has 0 bridgehead atoms. The van der Waals surface area contributed by atoms with E-state index >= 15 is 0 Å². The lowest BCUT2D eigenvalue weighted by Gasteiger charge is -2.05. The van der Waals surface area contributed by atoms with Crippen LogP contribution in [0.5, 0.6) is 11.5 Å². The van der Waals surface area contributed by atoms with Gasteiger partial charge in [-0.15, -0.1) is 0 Å². The van der Waals surface area contributed by atoms with Gasteiger partial charge in [0, 0.05) is 0 Å². The minimum atomic E-state index is -2.10. The molecular formula is C6H6BFO4. The van der Waals surface area contributed by atoms with Gasteiger partial charge in [0.25, 0.3) is 0 Å². The van der Waals surface area contributed by atoms with Crippen LogP contribution in [0.25, 0.3) is 0 Å². The molecule has 0 radical (unpaired) electrons. The molecule has 0 aliphatic carbocycles. The first-order valence-electron chi connectivity index (χ1n) is 3.11. The summed E-state index contributed by atoms with van der Waals surface area (Å²) < 4.78 is 17.0. The summed E-state index contributed by atoms with van der Waals surface area (Å²) in [6, 6.07) is 3.59. The van der Waals surface area contributed by atoms with E-state index in [1.165, 1.54) is 6.07 Å². The molecule has 64 valence electrons. The van der Waals surface area contributed by atoms with Crippen LogP contribution in [0.1, 0.15) is 0 Å². The molecule has 4 nitrogen and oxygen atoms in total. The van der Waals surface area contributed by atoms with E-state index in [0.29, 0.717) is 0 Å². The van der Waals surface area contributed by atoms with Gasteiger partial charge >= 0.3 is 7.32 Å². The molecule has 1 aromatic carbocycles. The minimum absolute atomic E-state index is 0.412. The van der Waals surface area contributed by atoms with Gasteiger partial charge in [0.05, 0.1) is 0 Å². The molecule has 6 heteroatoms. The number of rotatable bonds is 2. The summed E-state index contributed by atoms with van der Waals surface area (Å²) in [5.74, 6) is -2.04. The standard InChI is InChI=1S/C6H6BFO4/c8-6-4(9)2-1-3-5(6)12-7(10)11/h1-3,9-11H. The second-order valence-electron chi connectivity index (χ2n) is 2.03. The molecular weight excluding hydrogens is 166 g/mol. The number of phenols is 1. The zero-order valence-electron chi connectivity index (χ0n) is 5.94. The Morgan fingerprint density at radius 1 is 1.33 bits per heavy atom. The van der Waals surface area contributed by atoms with E-state index in [0.717, 1.165) is 12.1 Å². The van der Waals surface area contributed by atoms with E-state index in [2.05, 4.69) is 4.65 Å². The van der Waals surface area contributed by atoms with Crippen LogP contribution in [0.15, 0.2) is 18.2 Å². The zero-order chi connectivity index (χ0) is 9.14. The van der Waals surface area contributed by atoms with Crippen molar-refractivity contribution in [2.75, 3.05) is 0 Å². The molecule has 0 atom stereocenters. The van der Waals surface area contributed by atoms with Gasteiger partial charge in [-0.05, 0) is 12.1 Å². The van der Waals surface area contributed by atoms with Crippen LogP contribution in [0.3, 0.4) is 0 Å². The Bertz CT molecular complexity index is 278. The highest BCUT2D eigenvalue weighted by atomic mass is 19.1. The third-order valence-corrected chi connectivity index (χ3v) is 1.18. The molecule has 0 heterocycles. The normalized spacial score (nSPS) is 9.58. The highest BCUT2D eigenvalue weighted by Gasteiger charge is 2.15. The maximum Gasteiger partial charge on any atom is 0.707 e. The minimum Gasteiger partial charge on any atom is -0.509 e. The van der Waals surface area contributed by atoms with Crippen LogP contribution >= 0.6 is 0 Å². The van der Waals surface area contributed by atoms with Crippen molar-refractivity contribution in [3.05, 3.63) is 24.0 Å².